The quantitative estimate of drug-likeness (QED) is 0.703. The van der Waals surface area contributed by atoms with Gasteiger partial charge in [0.1, 0.15) is 11.6 Å². The normalized spacial score (nSPS) is 21.8. The van der Waals surface area contributed by atoms with Crippen LogP contribution in [0.3, 0.4) is 0 Å². The number of halogens is 1. The smallest absolute Gasteiger partial charge is 0.411 e. The first-order chi connectivity index (χ1) is 7.31. The summed E-state index contributed by atoms with van der Waals surface area (Å²) in [6.07, 6.45) is -0.493. The van der Waals surface area contributed by atoms with Crippen LogP contribution in [0.25, 0.3) is 0 Å². The Hall–Kier alpha value is -0.810. The fourth-order valence-corrected chi connectivity index (χ4v) is 1.64. The number of carbonyl (C=O) groups excluding carboxylic acids is 2. The molecule has 0 bridgehead atoms. The zero-order valence-corrected chi connectivity index (χ0v) is 10.5. The van der Waals surface area contributed by atoms with Crippen LogP contribution < -0.4 is 5.32 Å². The lowest BCUT2D eigenvalue weighted by Crippen LogP contribution is -2.56. The average molecular weight is 249 g/mol. The van der Waals surface area contributed by atoms with Crippen molar-refractivity contribution in [3.8, 4) is 0 Å². The predicted molar refractivity (Wildman–Crippen MR) is 60.5 cm³/mol. The number of rotatable bonds is 1. The van der Waals surface area contributed by atoms with Crippen molar-refractivity contribution >= 4 is 22.9 Å². The monoisotopic (exact) mass is 248 g/mol. The molecule has 1 aliphatic heterocycles. The third-order valence-corrected chi connectivity index (χ3v) is 2.39. The van der Waals surface area contributed by atoms with Gasteiger partial charge in [0.25, 0.3) is 0 Å². The molecule has 1 aliphatic rings. The number of carbonyl (C=O) groups is 2. The van der Waals surface area contributed by atoms with Gasteiger partial charge >= 0.3 is 6.09 Å². The van der Waals surface area contributed by atoms with E-state index >= 15 is 0 Å². The minimum Gasteiger partial charge on any atom is -0.444 e. The Bertz CT molecular complexity index is 288. The summed E-state index contributed by atoms with van der Waals surface area (Å²) in [5.41, 5.74) is -0.568. The van der Waals surface area contributed by atoms with Gasteiger partial charge in [-0.25, -0.2) is 4.79 Å². The summed E-state index contributed by atoms with van der Waals surface area (Å²) in [6.45, 7) is 6.79. The summed E-state index contributed by atoms with van der Waals surface area (Å²) in [7, 11) is 0. The third-order valence-electron chi connectivity index (χ3n) is 2.13. The topological polar surface area (TPSA) is 58.6 Å². The first-order valence-electron chi connectivity index (χ1n) is 5.21. The van der Waals surface area contributed by atoms with Gasteiger partial charge in [0.15, 0.2) is 0 Å². The lowest BCUT2D eigenvalue weighted by molar-refractivity contribution is -0.117. The van der Waals surface area contributed by atoms with Crippen LogP contribution in [0.4, 0.5) is 4.79 Å². The summed E-state index contributed by atoms with van der Waals surface area (Å²) in [4.78, 5) is 24.3. The summed E-state index contributed by atoms with van der Waals surface area (Å²) in [6, 6.07) is -0.634. The van der Waals surface area contributed by atoms with E-state index in [2.05, 4.69) is 5.32 Å². The molecule has 5 nitrogen and oxygen atoms in total. The maximum absolute atomic E-state index is 11.8. The van der Waals surface area contributed by atoms with Crippen molar-refractivity contribution in [1.29, 1.82) is 0 Å². The Kier molecular flexibility index (Phi) is 4.15. The van der Waals surface area contributed by atoms with Crippen LogP contribution in [0.2, 0.25) is 0 Å². The molecule has 0 radical (unpaired) electrons. The van der Waals surface area contributed by atoms with Crippen molar-refractivity contribution < 1.29 is 14.3 Å². The largest absolute Gasteiger partial charge is 0.444 e. The average Bonchev–Trinajstić information content (AvgIpc) is 2.15. The van der Waals surface area contributed by atoms with Gasteiger partial charge in [-0.2, -0.15) is 0 Å². The summed E-state index contributed by atoms with van der Waals surface area (Å²) in [5.74, 6) is 0. The second-order valence-corrected chi connectivity index (χ2v) is 5.07. The first-order valence-corrected chi connectivity index (χ1v) is 5.59. The summed E-state index contributed by atoms with van der Waals surface area (Å²) in [5, 5.41) is 2.47. The van der Waals surface area contributed by atoms with Crippen LogP contribution in [0, 0.1) is 0 Å². The summed E-state index contributed by atoms with van der Waals surface area (Å²) < 4.78 is 5.21. The van der Waals surface area contributed by atoms with Gasteiger partial charge in [0.2, 0.25) is 5.24 Å². The zero-order valence-electron chi connectivity index (χ0n) is 9.75. The maximum Gasteiger partial charge on any atom is 0.411 e. The van der Waals surface area contributed by atoms with E-state index in [9.17, 15) is 9.59 Å². The number of amides is 1. The van der Waals surface area contributed by atoms with E-state index in [4.69, 9.17) is 16.3 Å². The van der Waals surface area contributed by atoms with E-state index in [1.54, 1.807) is 20.8 Å². The van der Waals surface area contributed by atoms with E-state index < -0.39 is 23.0 Å². The van der Waals surface area contributed by atoms with Crippen LogP contribution >= 0.6 is 11.6 Å². The fraction of sp³-hybridized carbons (Fsp3) is 0.800. The van der Waals surface area contributed by atoms with Crippen molar-refractivity contribution in [1.82, 2.24) is 10.2 Å². The highest BCUT2D eigenvalue weighted by molar-refractivity contribution is 6.64. The first kappa shape index (κ1) is 13.3. The highest BCUT2D eigenvalue weighted by Gasteiger charge is 2.33. The number of hydrogen-bond donors (Lipinski definition) is 1. The molecule has 16 heavy (non-hydrogen) atoms. The molecule has 0 aromatic heterocycles. The van der Waals surface area contributed by atoms with E-state index in [-0.39, 0.29) is 0 Å². The highest BCUT2D eigenvalue weighted by atomic mass is 35.5. The minimum atomic E-state index is -0.634. The molecular weight excluding hydrogens is 232 g/mol. The van der Waals surface area contributed by atoms with Crippen LogP contribution in [-0.2, 0) is 9.53 Å². The molecule has 1 fully saturated rings. The second kappa shape index (κ2) is 5.01. The van der Waals surface area contributed by atoms with Gasteiger partial charge in [0, 0.05) is 19.6 Å². The number of nitrogens with zero attached hydrogens (tertiary/aromatic N) is 1. The standard InChI is InChI=1S/C10H17ClN2O3/c1-10(2,3)16-9(15)13-5-4-12-6-7(13)8(11)14/h7,12H,4-6H2,1-3H3. The van der Waals surface area contributed by atoms with Gasteiger partial charge < -0.3 is 10.1 Å². The summed E-state index contributed by atoms with van der Waals surface area (Å²) >= 11 is 5.44. The van der Waals surface area contributed by atoms with Crippen LogP contribution in [0.1, 0.15) is 20.8 Å². The molecule has 0 aromatic carbocycles. The molecule has 0 spiro atoms. The molecule has 1 heterocycles. The van der Waals surface area contributed by atoms with Crippen molar-refractivity contribution in [2.45, 2.75) is 32.4 Å². The molecule has 1 N–H and O–H groups in total. The van der Waals surface area contributed by atoms with Crippen LogP contribution in [0.15, 0.2) is 0 Å². The van der Waals surface area contributed by atoms with Gasteiger partial charge in [-0.05, 0) is 32.4 Å². The molecule has 1 unspecified atom stereocenters. The van der Waals surface area contributed by atoms with E-state index in [0.29, 0.717) is 19.6 Å². The Morgan fingerprint density at radius 3 is 2.56 bits per heavy atom. The predicted octanol–water partition coefficient (Wildman–Crippen LogP) is 0.961. The minimum absolute atomic E-state index is 0.377. The fourth-order valence-electron chi connectivity index (χ4n) is 1.45. The van der Waals surface area contributed by atoms with E-state index in [1.807, 2.05) is 0 Å². The molecule has 0 saturated carbocycles. The van der Waals surface area contributed by atoms with E-state index in [1.165, 1.54) is 4.90 Å². The Labute approximate surface area is 100 Å². The van der Waals surface area contributed by atoms with Gasteiger partial charge in [-0.15, -0.1) is 0 Å². The van der Waals surface area contributed by atoms with Crippen LogP contribution in [-0.4, -0.2) is 47.5 Å². The van der Waals surface area contributed by atoms with Crippen molar-refractivity contribution in [2.24, 2.45) is 0 Å². The van der Waals surface area contributed by atoms with Crippen LogP contribution in [0.5, 0.6) is 0 Å². The zero-order chi connectivity index (χ0) is 12.3. The molecule has 1 rings (SSSR count). The molecule has 6 heteroatoms. The number of nitrogens with one attached hydrogen (secondary N) is 1. The number of piperazine rings is 1. The SMILES string of the molecule is CC(C)(C)OC(=O)N1CCNCC1C(=O)Cl. The van der Waals surface area contributed by atoms with Crippen molar-refractivity contribution in [3.05, 3.63) is 0 Å². The molecule has 0 aromatic rings. The maximum atomic E-state index is 11.8. The molecule has 92 valence electrons. The molecule has 0 aliphatic carbocycles. The Balaban J connectivity index is 2.68. The van der Waals surface area contributed by atoms with Gasteiger partial charge in [-0.3, -0.25) is 9.69 Å². The lowest BCUT2D eigenvalue weighted by Gasteiger charge is -2.35. The third kappa shape index (κ3) is 3.64. The second-order valence-electron chi connectivity index (χ2n) is 4.70. The molecular formula is C10H17ClN2O3. The van der Waals surface area contributed by atoms with Gasteiger partial charge in [0.05, 0.1) is 0 Å². The lowest BCUT2D eigenvalue weighted by atomic mass is 10.2. The molecule has 1 saturated heterocycles. The number of hydrogen-bond acceptors (Lipinski definition) is 4. The van der Waals surface area contributed by atoms with Gasteiger partial charge in [-0.1, -0.05) is 0 Å². The van der Waals surface area contributed by atoms with E-state index in [0.717, 1.165) is 0 Å². The molecule has 1 atom stereocenters. The highest BCUT2D eigenvalue weighted by Crippen LogP contribution is 2.14. The molecule has 1 amide bonds. The Morgan fingerprint density at radius 1 is 1.44 bits per heavy atom. The van der Waals surface area contributed by atoms with Crippen molar-refractivity contribution in [3.63, 3.8) is 0 Å². The van der Waals surface area contributed by atoms with Crippen molar-refractivity contribution in [2.75, 3.05) is 19.6 Å². The number of ether oxygens (including phenoxy) is 1. The Morgan fingerprint density at radius 2 is 2.06 bits per heavy atom.